The van der Waals surface area contributed by atoms with Gasteiger partial charge in [0.25, 0.3) is 11.8 Å². The van der Waals surface area contributed by atoms with E-state index in [0.717, 1.165) is 17.7 Å². The Labute approximate surface area is 250 Å². The summed E-state index contributed by atoms with van der Waals surface area (Å²) in [6, 6.07) is 16.0. The first kappa shape index (κ1) is 30.1. The van der Waals surface area contributed by atoms with Crippen molar-refractivity contribution in [1.29, 1.82) is 0 Å². The zero-order valence-electron chi connectivity index (χ0n) is 21.3. The van der Waals surface area contributed by atoms with Crippen molar-refractivity contribution < 1.29 is 27.4 Å². The lowest BCUT2D eigenvalue weighted by molar-refractivity contribution is 0.0989. The highest BCUT2D eigenvalue weighted by Crippen LogP contribution is 2.29. The number of primary amides is 1. The van der Waals surface area contributed by atoms with Crippen molar-refractivity contribution in [3.8, 4) is 28.5 Å². The molecule has 2 N–H and O–H groups in total. The van der Waals surface area contributed by atoms with Crippen molar-refractivity contribution in [1.82, 2.24) is 20.3 Å². The Bertz CT molecular complexity index is 1650. The third kappa shape index (κ3) is 7.46. The largest absolute Gasteiger partial charge is 0.478 e. The highest BCUT2D eigenvalue weighted by Gasteiger charge is 2.23. The van der Waals surface area contributed by atoms with Crippen molar-refractivity contribution in [2.75, 3.05) is 0 Å². The molecule has 0 saturated carbocycles. The average Bonchev–Trinajstić information content (AvgIpc) is 3.63. The molecule has 5 aromatic rings. The van der Waals surface area contributed by atoms with E-state index in [2.05, 4.69) is 36.2 Å². The van der Waals surface area contributed by atoms with Gasteiger partial charge in [0.15, 0.2) is 17.7 Å². The second-order valence-corrected chi connectivity index (χ2v) is 10.6. The minimum Gasteiger partial charge on any atom is -0.478 e. The van der Waals surface area contributed by atoms with Gasteiger partial charge in [-0.2, -0.15) is 9.97 Å². The predicted molar refractivity (Wildman–Crippen MR) is 151 cm³/mol. The van der Waals surface area contributed by atoms with Crippen molar-refractivity contribution in [3.05, 3.63) is 99.7 Å². The molecule has 41 heavy (non-hydrogen) atoms. The summed E-state index contributed by atoms with van der Waals surface area (Å²) in [4.78, 5) is 19.7. The van der Waals surface area contributed by atoms with Gasteiger partial charge < -0.3 is 19.5 Å². The van der Waals surface area contributed by atoms with Gasteiger partial charge in [0.05, 0.1) is 4.83 Å². The molecule has 0 aliphatic heterocycles. The van der Waals surface area contributed by atoms with E-state index in [-0.39, 0.29) is 16.5 Å². The van der Waals surface area contributed by atoms with Gasteiger partial charge in [0, 0.05) is 21.2 Å². The van der Waals surface area contributed by atoms with Crippen LogP contribution in [0.4, 0.5) is 8.78 Å². The molecule has 2 atom stereocenters. The second-order valence-electron chi connectivity index (χ2n) is 8.40. The van der Waals surface area contributed by atoms with Crippen LogP contribution < -0.4 is 10.5 Å². The van der Waals surface area contributed by atoms with Crippen LogP contribution in [0.2, 0.25) is 10.0 Å². The summed E-state index contributed by atoms with van der Waals surface area (Å²) in [7, 11) is 0. The number of carbonyl (C=O) groups is 1. The lowest BCUT2D eigenvalue weighted by Crippen LogP contribution is -2.16. The van der Waals surface area contributed by atoms with Crippen LogP contribution in [-0.4, -0.2) is 26.2 Å². The average molecular weight is 667 g/mol. The van der Waals surface area contributed by atoms with Gasteiger partial charge in [-0.25, -0.2) is 8.78 Å². The third-order valence-corrected chi connectivity index (χ3v) is 6.28. The number of carbonyl (C=O) groups excluding carboxylic acids is 1. The quantitative estimate of drug-likeness (QED) is 0.175. The Hall–Kier alpha value is -3.87. The summed E-state index contributed by atoms with van der Waals surface area (Å²) in [6.45, 7) is 3.46. The maximum absolute atomic E-state index is 14.2. The molecule has 2 aromatic heterocycles. The fourth-order valence-electron chi connectivity index (χ4n) is 3.32. The molecular formula is C27H20BrCl2F2N5O4. The van der Waals surface area contributed by atoms with Crippen LogP contribution >= 0.6 is 39.1 Å². The Morgan fingerprint density at radius 3 is 1.80 bits per heavy atom. The van der Waals surface area contributed by atoms with E-state index in [1.54, 1.807) is 36.4 Å². The number of aromatic nitrogens is 4. The highest BCUT2D eigenvalue weighted by molar-refractivity contribution is 9.09. The summed E-state index contributed by atoms with van der Waals surface area (Å²) in [5, 5.41) is 8.95. The topological polar surface area (TPSA) is 130 Å². The number of hydrogen-bond acceptors (Lipinski definition) is 8. The van der Waals surface area contributed by atoms with Crippen LogP contribution in [0.5, 0.6) is 5.75 Å². The molecule has 0 radical (unpaired) electrons. The van der Waals surface area contributed by atoms with Crippen LogP contribution in [0.15, 0.2) is 69.7 Å². The molecule has 2 unspecified atom stereocenters. The molecule has 1 amide bonds. The number of alkyl halides is 1. The van der Waals surface area contributed by atoms with Crippen LogP contribution in [0, 0.1) is 11.6 Å². The number of halogens is 5. The fourth-order valence-corrected chi connectivity index (χ4v) is 3.76. The molecule has 0 aliphatic carbocycles. The van der Waals surface area contributed by atoms with E-state index >= 15 is 0 Å². The van der Waals surface area contributed by atoms with Gasteiger partial charge in [0.1, 0.15) is 11.4 Å². The number of amides is 1. The highest BCUT2D eigenvalue weighted by atomic mass is 79.9. The molecule has 5 rings (SSSR count). The lowest BCUT2D eigenvalue weighted by atomic mass is 10.1. The molecule has 14 heteroatoms. The van der Waals surface area contributed by atoms with Crippen molar-refractivity contribution >= 4 is 45.0 Å². The fraction of sp³-hybridized carbons (Fsp3) is 0.148. The first-order chi connectivity index (χ1) is 19.5. The summed E-state index contributed by atoms with van der Waals surface area (Å²) in [6.07, 6.45) is -0.857. The van der Waals surface area contributed by atoms with Crippen LogP contribution in [0.3, 0.4) is 0 Å². The van der Waals surface area contributed by atoms with Gasteiger partial charge in [0.2, 0.25) is 17.5 Å². The number of nitrogens with zero attached hydrogens (tertiary/aromatic N) is 4. The first-order valence-electron chi connectivity index (χ1n) is 11.8. The van der Waals surface area contributed by atoms with Gasteiger partial charge >= 0.3 is 0 Å². The van der Waals surface area contributed by atoms with Crippen molar-refractivity contribution in [2.24, 2.45) is 5.73 Å². The number of ether oxygens (including phenoxy) is 1. The lowest BCUT2D eigenvalue weighted by Gasteiger charge is -2.13. The number of nitrogens with two attached hydrogens (primary N) is 1. The second kappa shape index (κ2) is 13.2. The van der Waals surface area contributed by atoms with E-state index in [1.807, 2.05) is 19.1 Å². The van der Waals surface area contributed by atoms with Gasteiger partial charge in [-0.1, -0.05) is 49.4 Å². The normalized spacial score (nSPS) is 12.3. The molecule has 212 valence electrons. The smallest absolute Gasteiger partial charge is 0.267 e. The minimum absolute atomic E-state index is 0.0612. The summed E-state index contributed by atoms with van der Waals surface area (Å²) >= 11 is 15.0. The number of benzene rings is 3. The minimum atomic E-state index is -1.24. The van der Waals surface area contributed by atoms with Gasteiger partial charge in [-0.3, -0.25) is 4.79 Å². The molecular weight excluding hydrogens is 647 g/mol. The number of hydrogen-bond donors (Lipinski definition) is 1. The van der Waals surface area contributed by atoms with E-state index in [1.165, 1.54) is 6.92 Å². The SMILES string of the molecule is CC(Br)c1nc(-c2ccc(Cl)cc2)no1.CC(Oc1ccc(F)c(C(N)=O)c1F)c1nc(-c2ccc(Cl)cc2)no1. The molecule has 3 aromatic carbocycles. The van der Waals surface area contributed by atoms with Crippen LogP contribution in [0.1, 0.15) is 46.9 Å². The Morgan fingerprint density at radius 2 is 1.34 bits per heavy atom. The van der Waals surface area contributed by atoms with Crippen molar-refractivity contribution in [2.45, 2.75) is 24.8 Å². The molecule has 0 spiro atoms. The molecule has 2 heterocycles. The first-order valence-corrected chi connectivity index (χ1v) is 13.5. The van der Waals surface area contributed by atoms with Gasteiger partial charge in [-0.15, -0.1) is 0 Å². The zero-order chi connectivity index (χ0) is 29.7. The third-order valence-electron chi connectivity index (χ3n) is 5.38. The summed E-state index contributed by atoms with van der Waals surface area (Å²) in [5.74, 6) is -2.35. The molecule has 0 aliphatic rings. The summed E-state index contributed by atoms with van der Waals surface area (Å²) < 4.78 is 43.3. The van der Waals surface area contributed by atoms with Crippen LogP contribution in [-0.2, 0) is 0 Å². The molecule has 0 bridgehead atoms. The molecule has 0 saturated heterocycles. The summed E-state index contributed by atoms with van der Waals surface area (Å²) in [5.41, 5.74) is 5.67. The molecule has 0 fully saturated rings. The maximum atomic E-state index is 14.2. The van der Waals surface area contributed by atoms with Crippen LogP contribution in [0.25, 0.3) is 22.8 Å². The Kier molecular flexibility index (Phi) is 9.69. The van der Waals surface area contributed by atoms with E-state index < -0.39 is 29.2 Å². The van der Waals surface area contributed by atoms with Gasteiger partial charge in [-0.05, 0) is 74.5 Å². The van der Waals surface area contributed by atoms with E-state index in [9.17, 15) is 13.6 Å². The zero-order valence-corrected chi connectivity index (χ0v) is 24.4. The Balaban J connectivity index is 0.000000218. The van der Waals surface area contributed by atoms with Crippen molar-refractivity contribution in [3.63, 3.8) is 0 Å². The monoisotopic (exact) mass is 665 g/mol. The molecule has 9 nitrogen and oxygen atoms in total. The predicted octanol–water partition coefficient (Wildman–Crippen LogP) is 7.75. The Morgan fingerprint density at radius 1 is 0.854 bits per heavy atom. The number of rotatable bonds is 7. The van der Waals surface area contributed by atoms with E-state index in [0.29, 0.717) is 33.1 Å². The van der Waals surface area contributed by atoms with E-state index in [4.69, 9.17) is 42.7 Å². The maximum Gasteiger partial charge on any atom is 0.267 e. The standard InChI is InChI=1S/C17H12ClF2N3O3.C10H8BrClN2O/c1-8(25-12-7-6-11(19)13(14(12)20)15(21)24)17-22-16(23-26-17)9-2-4-10(18)5-3-9;1-6(11)10-13-9(14-15-10)7-2-4-8(12)5-3-7/h2-8H,1H3,(H2,21,24);2-6H,1H3.